The van der Waals surface area contributed by atoms with E-state index in [0.29, 0.717) is 35.5 Å². The number of carbonyl (C=O) groups excluding carboxylic acids is 1. The molecular weight excluding hydrogens is 440 g/mol. The molecule has 2 aliphatic rings. The van der Waals surface area contributed by atoms with Gasteiger partial charge in [0.1, 0.15) is 0 Å². The third-order valence-corrected chi connectivity index (χ3v) is 11.9. The van der Waals surface area contributed by atoms with E-state index in [4.69, 9.17) is 0 Å². The minimum atomic E-state index is -1.25. The zero-order valence-corrected chi connectivity index (χ0v) is 18.7. The van der Waals surface area contributed by atoms with Crippen LogP contribution >= 0.6 is 47.0 Å². The summed E-state index contributed by atoms with van der Waals surface area (Å²) in [6, 6.07) is 0. The van der Waals surface area contributed by atoms with Crippen LogP contribution in [0.25, 0.3) is 0 Å². The Bertz CT molecular complexity index is 704. The maximum Gasteiger partial charge on any atom is 0.0749 e. The molecule has 1 aromatic rings. The standard InChI is InChI=1S/C18H24O6S4/c1-10-12-14(27-17(25-12,2-6-19)3-7-20)11(16(23)24)15-13(10)26-18(28-15,4-8-21)5-9-22/h19-22H,2-9H2,1H3,(H,23,24)/p-1. The number of hydrogen-bond acceptors (Lipinski definition) is 10. The van der Waals surface area contributed by atoms with Crippen molar-refractivity contribution in [3.05, 3.63) is 11.1 Å². The van der Waals surface area contributed by atoms with Crippen LogP contribution in [0.4, 0.5) is 0 Å². The number of thioether (sulfide) groups is 4. The lowest BCUT2D eigenvalue weighted by molar-refractivity contribution is -0.255. The van der Waals surface area contributed by atoms with Crippen molar-refractivity contribution >= 4 is 53.0 Å². The SMILES string of the molecule is Cc1c2c(c(C(=O)[O-])c3c1SC(CCO)(CCO)S3)SC(CCO)(CCO)S2. The van der Waals surface area contributed by atoms with Gasteiger partial charge in [0.15, 0.2) is 0 Å². The summed E-state index contributed by atoms with van der Waals surface area (Å²) >= 11 is 5.82. The molecule has 2 aliphatic heterocycles. The molecule has 3 rings (SSSR count). The van der Waals surface area contributed by atoms with Crippen molar-refractivity contribution < 1.29 is 30.3 Å². The third kappa shape index (κ3) is 3.94. The van der Waals surface area contributed by atoms with Gasteiger partial charge in [-0.1, -0.05) is 0 Å². The molecule has 0 saturated carbocycles. The largest absolute Gasteiger partial charge is 0.545 e. The molecule has 2 heterocycles. The van der Waals surface area contributed by atoms with E-state index in [1.165, 1.54) is 47.0 Å². The smallest absolute Gasteiger partial charge is 0.0749 e. The van der Waals surface area contributed by atoms with Gasteiger partial charge in [-0.05, 0) is 38.2 Å². The Morgan fingerprint density at radius 3 is 1.36 bits per heavy atom. The molecule has 10 heteroatoms. The summed E-state index contributed by atoms with van der Waals surface area (Å²) in [7, 11) is 0. The first kappa shape index (κ1) is 22.6. The Labute approximate surface area is 180 Å². The Hall–Kier alpha value is -0.0700. The van der Waals surface area contributed by atoms with Gasteiger partial charge >= 0.3 is 0 Å². The summed E-state index contributed by atoms with van der Waals surface area (Å²) in [6.45, 7) is 1.76. The predicted octanol–water partition coefficient (Wildman–Crippen LogP) is 1.68. The molecule has 0 radical (unpaired) electrons. The van der Waals surface area contributed by atoms with Crippen molar-refractivity contribution in [3.8, 4) is 0 Å². The van der Waals surface area contributed by atoms with Crippen LogP contribution in [0.3, 0.4) is 0 Å². The Balaban J connectivity index is 2.11. The van der Waals surface area contributed by atoms with Gasteiger partial charge in [0.25, 0.3) is 0 Å². The molecule has 0 bridgehead atoms. The fourth-order valence-corrected chi connectivity index (χ4v) is 10.5. The van der Waals surface area contributed by atoms with Gasteiger partial charge in [-0.15, -0.1) is 47.0 Å². The summed E-state index contributed by atoms with van der Waals surface area (Å²) in [5.41, 5.74) is 1.13. The van der Waals surface area contributed by atoms with Crippen molar-refractivity contribution in [3.63, 3.8) is 0 Å². The molecule has 0 aromatic heterocycles. The molecule has 1 aromatic carbocycles. The zero-order chi connectivity index (χ0) is 20.5. The Morgan fingerprint density at radius 2 is 1.07 bits per heavy atom. The van der Waals surface area contributed by atoms with Crippen molar-refractivity contribution in [2.75, 3.05) is 26.4 Å². The van der Waals surface area contributed by atoms with Gasteiger partial charge in [-0.2, -0.15) is 0 Å². The number of aliphatic hydroxyl groups excluding tert-OH is 4. The summed E-state index contributed by atoms with van der Waals surface area (Å²) in [4.78, 5) is 15.1. The normalized spacial score (nSPS) is 18.9. The molecule has 0 fully saturated rings. The predicted molar refractivity (Wildman–Crippen MR) is 111 cm³/mol. The lowest BCUT2D eigenvalue weighted by atomic mass is 10.1. The Kier molecular flexibility index (Phi) is 7.24. The summed E-state index contributed by atoms with van der Waals surface area (Å²) in [6.07, 6.45) is 1.75. The van der Waals surface area contributed by atoms with Crippen LogP contribution in [0, 0.1) is 6.92 Å². The number of rotatable bonds is 9. The highest BCUT2D eigenvalue weighted by molar-refractivity contribution is 8.21. The second kappa shape index (κ2) is 8.97. The Morgan fingerprint density at radius 1 is 0.750 bits per heavy atom. The number of carboxylic acid groups (broad SMARTS) is 1. The van der Waals surface area contributed by atoms with E-state index in [9.17, 15) is 30.3 Å². The number of carboxylic acids is 1. The number of fused-ring (bicyclic) bond motifs is 2. The molecule has 0 spiro atoms. The molecule has 0 saturated heterocycles. The minimum Gasteiger partial charge on any atom is -0.545 e. The highest BCUT2D eigenvalue weighted by Gasteiger charge is 2.47. The highest BCUT2D eigenvalue weighted by atomic mass is 32.2. The van der Waals surface area contributed by atoms with Crippen molar-refractivity contribution in [1.82, 2.24) is 0 Å². The number of aromatic carboxylic acids is 1. The molecule has 0 unspecified atom stereocenters. The van der Waals surface area contributed by atoms with Crippen LogP contribution < -0.4 is 5.11 Å². The second-order valence-corrected chi connectivity index (χ2v) is 12.8. The fraction of sp³-hybridized carbons (Fsp3) is 0.611. The van der Waals surface area contributed by atoms with Gasteiger partial charge < -0.3 is 30.3 Å². The van der Waals surface area contributed by atoms with Crippen LogP contribution in [0.1, 0.15) is 41.6 Å². The zero-order valence-electron chi connectivity index (χ0n) is 15.4. The first-order valence-corrected chi connectivity index (χ1v) is 12.2. The van der Waals surface area contributed by atoms with E-state index < -0.39 is 14.1 Å². The van der Waals surface area contributed by atoms with E-state index >= 15 is 0 Å². The maximum absolute atomic E-state index is 12.1. The molecule has 28 heavy (non-hydrogen) atoms. The van der Waals surface area contributed by atoms with Gasteiger partial charge in [0, 0.05) is 51.6 Å². The number of benzene rings is 1. The first-order chi connectivity index (χ1) is 13.4. The van der Waals surface area contributed by atoms with Crippen LogP contribution in [0.2, 0.25) is 0 Å². The van der Waals surface area contributed by atoms with E-state index in [-0.39, 0.29) is 32.0 Å². The average Bonchev–Trinajstić information content (AvgIpc) is 3.16. The summed E-state index contributed by atoms with van der Waals surface area (Å²) < 4.78 is -1.00. The van der Waals surface area contributed by atoms with Crippen LogP contribution in [-0.4, -0.2) is 61.0 Å². The van der Waals surface area contributed by atoms with Gasteiger partial charge in [-0.25, -0.2) is 0 Å². The lowest BCUT2D eigenvalue weighted by Gasteiger charge is -2.26. The molecule has 4 N–H and O–H groups in total. The van der Waals surface area contributed by atoms with Crippen LogP contribution in [0.5, 0.6) is 0 Å². The molecule has 156 valence electrons. The monoisotopic (exact) mass is 463 g/mol. The van der Waals surface area contributed by atoms with Gasteiger partial charge in [0.2, 0.25) is 0 Å². The first-order valence-electron chi connectivity index (χ1n) is 8.97. The summed E-state index contributed by atoms with van der Waals surface area (Å²) in [5.74, 6) is -1.25. The highest BCUT2D eigenvalue weighted by Crippen LogP contribution is 2.68. The molecule has 6 nitrogen and oxygen atoms in total. The van der Waals surface area contributed by atoms with Crippen LogP contribution in [-0.2, 0) is 0 Å². The quantitative estimate of drug-likeness (QED) is 0.430. The van der Waals surface area contributed by atoms with E-state index in [1.54, 1.807) is 0 Å². The van der Waals surface area contributed by atoms with Crippen molar-refractivity contribution in [1.29, 1.82) is 0 Å². The number of aliphatic hydroxyl groups is 4. The molecule has 0 atom stereocenters. The average molecular weight is 464 g/mol. The van der Waals surface area contributed by atoms with Gasteiger partial charge in [0.05, 0.1) is 14.1 Å². The van der Waals surface area contributed by atoms with Crippen LogP contribution in [0.15, 0.2) is 19.6 Å². The number of hydrogen-bond donors (Lipinski definition) is 4. The topological polar surface area (TPSA) is 121 Å². The van der Waals surface area contributed by atoms with Crippen molar-refractivity contribution in [2.24, 2.45) is 0 Å². The number of carbonyl (C=O) groups is 1. The van der Waals surface area contributed by atoms with E-state index in [2.05, 4.69) is 0 Å². The summed E-state index contributed by atoms with van der Waals surface area (Å²) in [5, 5.41) is 50.2. The van der Waals surface area contributed by atoms with E-state index in [0.717, 1.165) is 15.4 Å². The third-order valence-electron chi connectivity index (χ3n) is 4.87. The maximum atomic E-state index is 12.1. The minimum absolute atomic E-state index is 0.0486. The fourth-order valence-electron chi connectivity index (χ4n) is 3.53. The molecule has 0 amide bonds. The second-order valence-electron chi connectivity index (χ2n) is 6.73. The van der Waals surface area contributed by atoms with Gasteiger partial charge in [-0.3, -0.25) is 0 Å². The van der Waals surface area contributed by atoms with Crippen molar-refractivity contribution in [2.45, 2.75) is 60.3 Å². The molecule has 0 aliphatic carbocycles. The lowest BCUT2D eigenvalue weighted by Crippen LogP contribution is -2.25. The van der Waals surface area contributed by atoms with E-state index in [1.807, 2.05) is 6.92 Å². The molecular formula is C18H23O6S4-.